The van der Waals surface area contributed by atoms with Gasteiger partial charge < -0.3 is 10.2 Å². The Morgan fingerprint density at radius 3 is 2.78 bits per heavy atom. The highest BCUT2D eigenvalue weighted by Crippen LogP contribution is 2.22. The topological polar surface area (TPSA) is 45.2 Å². The second-order valence-corrected chi connectivity index (χ2v) is 6.71. The summed E-state index contributed by atoms with van der Waals surface area (Å²) < 4.78 is 0. The number of aromatic nitrogens is 1. The number of hydrogen-bond acceptors (Lipinski definition) is 4. The molecule has 3 rings (SSSR count). The lowest BCUT2D eigenvalue weighted by molar-refractivity contribution is -0.116. The van der Waals surface area contributed by atoms with Crippen LogP contribution in [0.3, 0.4) is 0 Å². The molecule has 23 heavy (non-hydrogen) atoms. The van der Waals surface area contributed by atoms with Crippen LogP contribution in [0.4, 0.5) is 5.69 Å². The van der Waals surface area contributed by atoms with E-state index in [0.717, 1.165) is 37.4 Å². The molecule has 2 aromatic heterocycles. The maximum absolute atomic E-state index is 11.9. The zero-order valence-corrected chi connectivity index (χ0v) is 13.8. The van der Waals surface area contributed by atoms with Gasteiger partial charge in [-0.25, -0.2) is 0 Å². The minimum atomic E-state index is -0.00466. The molecule has 5 heteroatoms. The Labute approximate surface area is 140 Å². The highest BCUT2D eigenvalue weighted by atomic mass is 32.1. The third-order valence-electron chi connectivity index (χ3n) is 4.15. The standard InChI is InChI=1S/C18H21N3OS/c22-18(4-3-17-2-1-13-23-17)20-14-15-7-11-21(12-8-15)16-5-9-19-10-6-16/h1-6,9-10,13,15H,7-8,11-12,14H2,(H,20,22)/b4-3+. The van der Waals surface area contributed by atoms with E-state index in [4.69, 9.17) is 0 Å². The minimum Gasteiger partial charge on any atom is -0.371 e. The largest absolute Gasteiger partial charge is 0.371 e. The van der Waals surface area contributed by atoms with Gasteiger partial charge in [0, 0.05) is 48.7 Å². The van der Waals surface area contributed by atoms with Crippen molar-refractivity contribution in [2.24, 2.45) is 5.92 Å². The fraction of sp³-hybridized carbons (Fsp3) is 0.333. The summed E-state index contributed by atoms with van der Waals surface area (Å²) in [6, 6.07) is 8.09. The average Bonchev–Trinajstić information content (AvgIpc) is 3.13. The van der Waals surface area contributed by atoms with Crippen molar-refractivity contribution < 1.29 is 4.79 Å². The first-order valence-electron chi connectivity index (χ1n) is 7.95. The Balaban J connectivity index is 1.40. The molecule has 1 amide bonds. The second-order valence-electron chi connectivity index (χ2n) is 5.73. The van der Waals surface area contributed by atoms with Crippen LogP contribution < -0.4 is 10.2 Å². The quantitative estimate of drug-likeness (QED) is 0.858. The monoisotopic (exact) mass is 327 g/mol. The molecule has 4 nitrogen and oxygen atoms in total. The Kier molecular flexibility index (Phi) is 5.42. The van der Waals surface area contributed by atoms with Crippen molar-refractivity contribution in [2.75, 3.05) is 24.5 Å². The molecule has 1 N–H and O–H groups in total. The van der Waals surface area contributed by atoms with Crippen molar-refractivity contribution in [3.8, 4) is 0 Å². The normalized spacial score (nSPS) is 15.9. The molecule has 1 saturated heterocycles. The van der Waals surface area contributed by atoms with Gasteiger partial charge in [0.1, 0.15) is 0 Å². The number of nitrogens with one attached hydrogen (secondary N) is 1. The van der Waals surface area contributed by atoms with Crippen LogP contribution in [-0.4, -0.2) is 30.5 Å². The molecule has 2 aromatic rings. The molecule has 0 aromatic carbocycles. The van der Waals surface area contributed by atoms with E-state index < -0.39 is 0 Å². The van der Waals surface area contributed by atoms with Crippen LogP contribution in [0.5, 0.6) is 0 Å². The Morgan fingerprint density at radius 2 is 2.09 bits per heavy atom. The molecule has 0 atom stereocenters. The smallest absolute Gasteiger partial charge is 0.244 e. The third kappa shape index (κ3) is 4.66. The second kappa shape index (κ2) is 7.92. The van der Waals surface area contributed by atoms with E-state index in [1.807, 2.05) is 36.0 Å². The molecule has 0 bridgehead atoms. The molecule has 0 saturated carbocycles. The fourth-order valence-electron chi connectivity index (χ4n) is 2.80. The maximum Gasteiger partial charge on any atom is 0.244 e. The van der Waals surface area contributed by atoms with Crippen molar-refractivity contribution in [1.82, 2.24) is 10.3 Å². The average molecular weight is 327 g/mol. The molecule has 1 aliphatic heterocycles. The number of piperidine rings is 1. The first-order chi connectivity index (χ1) is 11.3. The summed E-state index contributed by atoms with van der Waals surface area (Å²) in [5.41, 5.74) is 1.24. The summed E-state index contributed by atoms with van der Waals surface area (Å²) in [5, 5.41) is 5.03. The van der Waals surface area contributed by atoms with Gasteiger partial charge in [0.2, 0.25) is 5.91 Å². The van der Waals surface area contributed by atoms with E-state index in [2.05, 4.69) is 27.3 Å². The molecule has 120 valence electrons. The van der Waals surface area contributed by atoms with Crippen molar-refractivity contribution in [2.45, 2.75) is 12.8 Å². The van der Waals surface area contributed by atoms with Gasteiger partial charge in [0.05, 0.1) is 0 Å². The first-order valence-corrected chi connectivity index (χ1v) is 8.83. The van der Waals surface area contributed by atoms with Gasteiger partial charge in [-0.1, -0.05) is 6.07 Å². The summed E-state index contributed by atoms with van der Waals surface area (Å²) in [6.07, 6.45) is 9.38. The lowest BCUT2D eigenvalue weighted by Gasteiger charge is -2.33. The predicted molar refractivity (Wildman–Crippen MR) is 95.5 cm³/mol. The van der Waals surface area contributed by atoms with Crippen LogP contribution in [0.15, 0.2) is 48.1 Å². The number of carbonyl (C=O) groups is 1. The number of hydrogen-bond donors (Lipinski definition) is 1. The van der Waals surface area contributed by atoms with Gasteiger partial charge in [0.25, 0.3) is 0 Å². The molecular weight excluding hydrogens is 306 g/mol. The van der Waals surface area contributed by atoms with Crippen LogP contribution >= 0.6 is 11.3 Å². The SMILES string of the molecule is O=C(/C=C/c1cccs1)NCC1CCN(c2ccncc2)CC1. The number of pyridine rings is 1. The highest BCUT2D eigenvalue weighted by Gasteiger charge is 2.19. The van der Waals surface area contributed by atoms with Crippen molar-refractivity contribution >= 4 is 29.0 Å². The van der Waals surface area contributed by atoms with E-state index in [9.17, 15) is 4.79 Å². The molecule has 1 fully saturated rings. The van der Waals surface area contributed by atoms with E-state index >= 15 is 0 Å². The minimum absolute atomic E-state index is 0.00466. The zero-order chi connectivity index (χ0) is 15.9. The van der Waals surface area contributed by atoms with Gasteiger partial charge in [0.15, 0.2) is 0 Å². The maximum atomic E-state index is 11.9. The summed E-state index contributed by atoms with van der Waals surface area (Å²) in [4.78, 5) is 19.4. The van der Waals surface area contributed by atoms with E-state index in [1.165, 1.54) is 5.69 Å². The van der Waals surface area contributed by atoms with Crippen molar-refractivity contribution in [3.05, 3.63) is 53.0 Å². The summed E-state index contributed by atoms with van der Waals surface area (Å²) in [6.45, 7) is 2.84. The van der Waals surface area contributed by atoms with Gasteiger partial charge in [-0.05, 0) is 48.4 Å². The first kappa shape index (κ1) is 15.7. The summed E-state index contributed by atoms with van der Waals surface area (Å²) >= 11 is 1.63. The Morgan fingerprint density at radius 1 is 1.30 bits per heavy atom. The number of amides is 1. The highest BCUT2D eigenvalue weighted by molar-refractivity contribution is 7.10. The van der Waals surface area contributed by atoms with Gasteiger partial charge in [-0.2, -0.15) is 0 Å². The number of carbonyl (C=O) groups excluding carboxylic acids is 1. The Bertz CT molecular complexity index is 632. The Hall–Kier alpha value is -2.14. The summed E-state index contributed by atoms with van der Waals surface area (Å²) in [5.74, 6) is 0.558. The van der Waals surface area contributed by atoms with Crippen LogP contribution in [0, 0.1) is 5.92 Å². The third-order valence-corrected chi connectivity index (χ3v) is 4.99. The van der Waals surface area contributed by atoms with Crippen LogP contribution in [0.1, 0.15) is 17.7 Å². The predicted octanol–water partition coefficient (Wildman–Crippen LogP) is 3.19. The van der Waals surface area contributed by atoms with E-state index in [0.29, 0.717) is 5.92 Å². The molecular formula is C18H21N3OS. The number of nitrogens with zero attached hydrogens (tertiary/aromatic N) is 2. The molecule has 0 spiro atoms. The van der Waals surface area contributed by atoms with E-state index in [1.54, 1.807) is 17.4 Å². The van der Waals surface area contributed by atoms with Gasteiger partial charge in [-0.15, -0.1) is 11.3 Å². The number of thiophene rings is 1. The fourth-order valence-corrected chi connectivity index (χ4v) is 3.42. The lowest BCUT2D eigenvalue weighted by Crippen LogP contribution is -2.38. The van der Waals surface area contributed by atoms with Crippen LogP contribution in [-0.2, 0) is 4.79 Å². The van der Waals surface area contributed by atoms with Gasteiger partial charge >= 0.3 is 0 Å². The van der Waals surface area contributed by atoms with Gasteiger partial charge in [-0.3, -0.25) is 9.78 Å². The van der Waals surface area contributed by atoms with Crippen molar-refractivity contribution in [3.63, 3.8) is 0 Å². The lowest BCUT2D eigenvalue weighted by atomic mass is 9.96. The molecule has 0 radical (unpaired) electrons. The zero-order valence-electron chi connectivity index (χ0n) is 13.0. The summed E-state index contributed by atoms with van der Waals surface area (Å²) in [7, 11) is 0. The molecule has 3 heterocycles. The molecule has 0 unspecified atom stereocenters. The van der Waals surface area contributed by atoms with Crippen molar-refractivity contribution in [1.29, 1.82) is 0 Å². The van der Waals surface area contributed by atoms with Crippen LogP contribution in [0.2, 0.25) is 0 Å². The number of anilines is 1. The molecule has 1 aliphatic rings. The van der Waals surface area contributed by atoms with E-state index in [-0.39, 0.29) is 5.91 Å². The van der Waals surface area contributed by atoms with Crippen LogP contribution in [0.25, 0.3) is 6.08 Å². The number of rotatable bonds is 5. The molecule has 0 aliphatic carbocycles.